The van der Waals surface area contributed by atoms with E-state index in [9.17, 15) is 4.79 Å². The first kappa shape index (κ1) is 18.4. The number of nitrogens with one attached hydrogen (secondary N) is 1. The van der Waals surface area contributed by atoms with E-state index in [0.29, 0.717) is 5.92 Å². The molecule has 1 unspecified atom stereocenters. The molecule has 0 bridgehead atoms. The summed E-state index contributed by atoms with van der Waals surface area (Å²) < 4.78 is 0. The Morgan fingerprint density at radius 3 is 2.64 bits per heavy atom. The molecule has 1 aromatic rings. The van der Waals surface area contributed by atoms with Gasteiger partial charge in [-0.1, -0.05) is 31.2 Å². The summed E-state index contributed by atoms with van der Waals surface area (Å²) in [7, 11) is 0. The summed E-state index contributed by atoms with van der Waals surface area (Å²) in [5.74, 6) is 0.835. The van der Waals surface area contributed by atoms with Crippen molar-refractivity contribution >= 4 is 5.91 Å². The topological polar surface area (TPSA) is 35.6 Å². The monoisotopic (exact) mass is 343 g/mol. The minimum Gasteiger partial charge on any atom is -0.354 e. The minimum atomic E-state index is -0.0477. The van der Waals surface area contributed by atoms with E-state index in [2.05, 4.69) is 46.3 Å². The van der Waals surface area contributed by atoms with Gasteiger partial charge in [0.05, 0.1) is 6.04 Å². The molecule has 4 nitrogen and oxygen atoms in total. The first-order valence-corrected chi connectivity index (χ1v) is 9.98. The van der Waals surface area contributed by atoms with E-state index < -0.39 is 0 Å². The third-order valence-electron chi connectivity index (χ3n) is 5.90. The third kappa shape index (κ3) is 4.83. The molecular weight excluding hydrogens is 310 g/mol. The van der Waals surface area contributed by atoms with Crippen LogP contribution in [0.2, 0.25) is 0 Å². The zero-order chi connectivity index (χ0) is 17.6. The van der Waals surface area contributed by atoms with Gasteiger partial charge in [-0.25, -0.2) is 0 Å². The summed E-state index contributed by atoms with van der Waals surface area (Å²) >= 11 is 0. The van der Waals surface area contributed by atoms with Crippen molar-refractivity contribution in [2.75, 3.05) is 32.7 Å². The number of piperidine rings is 1. The second-order valence-corrected chi connectivity index (χ2v) is 7.70. The lowest BCUT2D eigenvalue weighted by atomic mass is 9.96. The molecule has 1 atom stereocenters. The number of rotatable bonds is 6. The quantitative estimate of drug-likeness (QED) is 0.863. The molecule has 2 aliphatic rings. The van der Waals surface area contributed by atoms with Crippen LogP contribution in [0.3, 0.4) is 0 Å². The minimum absolute atomic E-state index is 0.0477. The highest BCUT2D eigenvalue weighted by molar-refractivity contribution is 5.81. The molecule has 0 radical (unpaired) electrons. The van der Waals surface area contributed by atoms with Crippen molar-refractivity contribution < 1.29 is 4.79 Å². The van der Waals surface area contributed by atoms with Gasteiger partial charge in [0.25, 0.3) is 0 Å². The highest BCUT2D eigenvalue weighted by Gasteiger charge is 2.26. The van der Waals surface area contributed by atoms with Crippen LogP contribution in [0, 0.1) is 5.92 Å². The molecule has 1 saturated heterocycles. The van der Waals surface area contributed by atoms with Gasteiger partial charge in [0.2, 0.25) is 5.91 Å². The largest absolute Gasteiger partial charge is 0.354 e. The lowest BCUT2D eigenvalue weighted by molar-refractivity contribution is -0.126. The van der Waals surface area contributed by atoms with Gasteiger partial charge in [0, 0.05) is 19.6 Å². The fourth-order valence-electron chi connectivity index (χ4n) is 4.14. The molecule has 0 saturated carbocycles. The summed E-state index contributed by atoms with van der Waals surface area (Å²) in [5.41, 5.74) is 2.81. The Labute approximate surface area is 152 Å². The molecule has 1 N–H and O–H groups in total. The van der Waals surface area contributed by atoms with E-state index in [1.165, 1.54) is 50.0 Å². The van der Waals surface area contributed by atoms with Gasteiger partial charge < -0.3 is 10.2 Å². The summed E-state index contributed by atoms with van der Waals surface area (Å²) in [4.78, 5) is 17.5. The van der Waals surface area contributed by atoms with Gasteiger partial charge in [-0.15, -0.1) is 0 Å². The lowest BCUT2D eigenvalue weighted by Crippen LogP contribution is -2.48. The van der Waals surface area contributed by atoms with Crippen LogP contribution in [0.1, 0.15) is 44.2 Å². The maximum Gasteiger partial charge on any atom is 0.237 e. The first-order chi connectivity index (χ1) is 12.2. The second-order valence-electron chi connectivity index (χ2n) is 7.70. The summed E-state index contributed by atoms with van der Waals surface area (Å²) in [6.07, 6.45) is 4.71. The van der Waals surface area contributed by atoms with Crippen molar-refractivity contribution in [3.8, 4) is 0 Å². The Bertz CT molecular complexity index is 566. The SMILES string of the molecule is CCCN1CCC(CNC(=O)C(C)N2CCc3ccccc3C2)CC1. The number of carbonyl (C=O) groups excluding carboxylic acids is 1. The Morgan fingerprint density at radius 2 is 1.92 bits per heavy atom. The molecular formula is C21H33N3O. The van der Waals surface area contributed by atoms with Crippen LogP contribution in [0.25, 0.3) is 0 Å². The number of likely N-dealkylation sites (tertiary alicyclic amines) is 1. The zero-order valence-corrected chi connectivity index (χ0v) is 15.8. The molecule has 3 rings (SSSR count). The second kappa shape index (κ2) is 8.81. The van der Waals surface area contributed by atoms with Crippen molar-refractivity contribution in [2.45, 2.75) is 52.1 Å². The van der Waals surface area contributed by atoms with E-state index in [1.54, 1.807) is 0 Å². The van der Waals surface area contributed by atoms with Crippen LogP contribution in [0.4, 0.5) is 0 Å². The third-order valence-corrected chi connectivity index (χ3v) is 5.90. The van der Waals surface area contributed by atoms with Crippen LogP contribution in [0.5, 0.6) is 0 Å². The summed E-state index contributed by atoms with van der Waals surface area (Å²) in [5, 5.41) is 3.22. The lowest BCUT2D eigenvalue weighted by Gasteiger charge is -2.34. The molecule has 2 aliphatic heterocycles. The van der Waals surface area contributed by atoms with Crippen LogP contribution in [0.15, 0.2) is 24.3 Å². The van der Waals surface area contributed by atoms with Gasteiger partial charge in [-0.3, -0.25) is 9.69 Å². The predicted octanol–water partition coefficient (Wildman–Crippen LogP) is 2.67. The number of nitrogens with zero attached hydrogens (tertiary/aromatic N) is 2. The van der Waals surface area contributed by atoms with E-state index in [-0.39, 0.29) is 11.9 Å². The first-order valence-electron chi connectivity index (χ1n) is 9.98. The van der Waals surface area contributed by atoms with Crippen LogP contribution in [-0.4, -0.2) is 54.5 Å². The smallest absolute Gasteiger partial charge is 0.237 e. The molecule has 0 aromatic heterocycles. The van der Waals surface area contributed by atoms with Gasteiger partial charge >= 0.3 is 0 Å². The number of hydrogen-bond acceptors (Lipinski definition) is 3. The average Bonchev–Trinajstić information content (AvgIpc) is 2.66. The van der Waals surface area contributed by atoms with Crippen molar-refractivity contribution in [3.63, 3.8) is 0 Å². The zero-order valence-electron chi connectivity index (χ0n) is 15.8. The number of fused-ring (bicyclic) bond motifs is 1. The predicted molar refractivity (Wildman–Crippen MR) is 102 cm³/mol. The van der Waals surface area contributed by atoms with Crippen molar-refractivity contribution in [3.05, 3.63) is 35.4 Å². The highest BCUT2D eigenvalue weighted by Crippen LogP contribution is 2.20. The van der Waals surface area contributed by atoms with Gasteiger partial charge in [0.15, 0.2) is 0 Å². The fourth-order valence-corrected chi connectivity index (χ4v) is 4.14. The van der Waals surface area contributed by atoms with Crippen molar-refractivity contribution in [2.24, 2.45) is 5.92 Å². The number of hydrogen-bond donors (Lipinski definition) is 1. The van der Waals surface area contributed by atoms with E-state index in [0.717, 1.165) is 26.1 Å². The Hall–Kier alpha value is -1.39. The highest BCUT2D eigenvalue weighted by atomic mass is 16.2. The van der Waals surface area contributed by atoms with Crippen LogP contribution < -0.4 is 5.32 Å². The normalized spacial score (nSPS) is 20.9. The van der Waals surface area contributed by atoms with Gasteiger partial charge in [0.1, 0.15) is 0 Å². The Balaban J connectivity index is 1.43. The average molecular weight is 344 g/mol. The van der Waals surface area contributed by atoms with Crippen molar-refractivity contribution in [1.29, 1.82) is 0 Å². The van der Waals surface area contributed by atoms with Gasteiger partial charge in [-0.05, 0) is 69.3 Å². The molecule has 1 fully saturated rings. The molecule has 4 heteroatoms. The number of benzene rings is 1. The number of carbonyl (C=O) groups is 1. The molecule has 138 valence electrons. The van der Waals surface area contributed by atoms with E-state index in [4.69, 9.17) is 0 Å². The van der Waals surface area contributed by atoms with Gasteiger partial charge in [-0.2, -0.15) is 0 Å². The molecule has 0 spiro atoms. The van der Waals surface area contributed by atoms with Crippen molar-refractivity contribution in [1.82, 2.24) is 15.1 Å². The Morgan fingerprint density at radius 1 is 1.20 bits per heavy atom. The fraction of sp³-hybridized carbons (Fsp3) is 0.667. The molecule has 25 heavy (non-hydrogen) atoms. The molecule has 1 aromatic carbocycles. The summed E-state index contributed by atoms with van der Waals surface area (Å²) in [6.45, 7) is 10.6. The summed E-state index contributed by atoms with van der Waals surface area (Å²) in [6, 6.07) is 8.56. The van der Waals surface area contributed by atoms with E-state index in [1.807, 2.05) is 6.92 Å². The van der Waals surface area contributed by atoms with E-state index >= 15 is 0 Å². The molecule has 0 aliphatic carbocycles. The standard InChI is InChI=1S/C21H33N3O/c1-3-11-23-12-8-18(9-13-23)15-22-21(25)17(2)24-14-10-19-6-4-5-7-20(19)16-24/h4-7,17-18H,3,8-16H2,1-2H3,(H,22,25). The Kier molecular flexibility index (Phi) is 6.49. The molecule has 2 heterocycles. The maximum absolute atomic E-state index is 12.6. The molecule has 1 amide bonds. The van der Waals surface area contributed by atoms with Crippen LogP contribution in [-0.2, 0) is 17.8 Å². The van der Waals surface area contributed by atoms with Crippen LogP contribution >= 0.6 is 0 Å². The number of amides is 1. The maximum atomic E-state index is 12.6.